The Morgan fingerprint density at radius 1 is 1.35 bits per heavy atom. The fourth-order valence-corrected chi connectivity index (χ4v) is 3.86. The number of nitrogens with zero attached hydrogens (tertiary/aromatic N) is 1. The minimum atomic E-state index is 0.269. The summed E-state index contributed by atoms with van der Waals surface area (Å²) in [5.41, 5.74) is 3.80. The Balaban J connectivity index is 1.75. The van der Waals surface area contributed by atoms with Crippen LogP contribution in [0.4, 0.5) is 0 Å². The van der Waals surface area contributed by atoms with Gasteiger partial charge in [-0.05, 0) is 38.7 Å². The lowest BCUT2D eigenvalue weighted by Crippen LogP contribution is -2.37. The number of nitrogens with one attached hydrogen (secondary N) is 1. The van der Waals surface area contributed by atoms with Crippen molar-refractivity contribution in [1.82, 2.24) is 10.2 Å². The summed E-state index contributed by atoms with van der Waals surface area (Å²) >= 11 is 0. The van der Waals surface area contributed by atoms with E-state index in [1.807, 2.05) is 11.8 Å². The van der Waals surface area contributed by atoms with Crippen molar-refractivity contribution in [3.8, 4) is 5.75 Å². The first-order chi connectivity index (χ1) is 11.1. The summed E-state index contributed by atoms with van der Waals surface area (Å²) in [7, 11) is 0. The van der Waals surface area contributed by atoms with Crippen LogP contribution in [0.25, 0.3) is 0 Å². The van der Waals surface area contributed by atoms with Crippen LogP contribution in [-0.2, 0) is 4.79 Å². The van der Waals surface area contributed by atoms with E-state index in [1.54, 1.807) is 0 Å². The molecule has 3 rings (SSSR count). The van der Waals surface area contributed by atoms with Gasteiger partial charge in [0.1, 0.15) is 5.75 Å². The number of carbonyl (C=O) groups excluding carboxylic acids is 1. The first-order valence-corrected chi connectivity index (χ1v) is 8.86. The van der Waals surface area contributed by atoms with Crippen LogP contribution in [0, 0.1) is 13.8 Å². The van der Waals surface area contributed by atoms with Crippen LogP contribution < -0.4 is 10.1 Å². The van der Waals surface area contributed by atoms with E-state index in [4.69, 9.17) is 4.74 Å². The molecule has 2 aliphatic rings. The number of aryl methyl sites for hydroxylation is 2. The maximum Gasteiger partial charge on any atom is 0.222 e. The van der Waals surface area contributed by atoms with Crippen LogP contribution in [0.15, 0.2) is 12.1 Å². The van der Waals surface area contributed by atoms with Crippen molar-refractivity contribution in [1.29, 1.82) is 0 Å². The van der Waals surface area contributed by atoms with E-state index in [1.165, 1.54) is 16.7 Å². The number of benzene rings is 1. The van der Waals surface area contributed by atoms with Crippen molar-refractivity contribution in [2.24, 2.45) is 0 Å². The molecular formula is C19H28N2O2. The molecule has 1 aromatic carbocycles. The van der Waals surface area contributed by atoms with Crippen molar-refractivity contribution in [2.75, 3.05) is 19.7 Å². The smallest absolute Gasteiger partial charge is 0.222 e. The quantitative estimate of drug-likeness (QED) is 0.931. The molecule has 0 spiro atoms. The molecule has 4 heteroatoms. The van der Waals surface area contributed by atoms with E-state index in [9.17, 15) is 4.79 Å². The molecule has 2 heterocycles. The average molecular weight is 316 g/mol. The van der Waals surface area contributed by atoms with Gasteiger partial charge < -0.3 is 15.0 Å². The first-order valence-electron chi connectivity index (χ1n) is 8.86. The van der Waals surface area contributed by atoms with Crippen molar-refractivity contribution >= 4 is 5.91 Å². The zero-order valence-electron chi connectivity index (χ0n) is 14.5. The van der Waals surface area contributed by atoms with Gasteiger partial charge in [0.05, 0.1) is 6.61 Å². The van der Waals surface area contributed by atoms with E-state index in [-0.39, 0.29) is 5.91 Å². The molecule has 0 aromatic heterocycles. The fourth-order valence-electron chi connectivity index (χ4n) is 3.86. The van der Waals surface area contributed by atoms with Gasteiger partial charge in [0.25, 0.3) is 0 Å². The van der Waals surface area contributed by atoms with Crippen LogP contribution in [0.3, 0.4) is 0 Å². The highest BCUT2D eigenvalue weighted by atomic mass is 16.5. The van der Waals surface area contributed by atoms with Gasteiger partial charge in [-0.3, -0.25) is 4.79 Å². The zero-order chi connectivity index (χ0) is 16.4. The Labute approximate surface area is 139 Å². The van der Waals surface area contributed by atoms with E-state index in [0.29, 0.717) is 18.5 Å². The second-order valence-electron chi connectivity index (χ2n) is 6.89. The van der Waals surface area contributed by atoms with Crippen LogP contribution in [-0.4, -0.2) is 36.5 Å². The molecule has 4 nitrogen and oxygen atoms in total. The van der Waals surface area contributed by atoms with Gasteiger partial charge in [-0.25, -0.2) is 0 Å². The Hall–Kier alpha value is -1.55. The Kier molecular flexibility index (Phi) is 4.90. The average Bonchev–Trinajstić information content (AvgIpc) is 2.90. The molecule has 2 atom stereocenters. The Morgan fingerprint density at radius 2 is 2.17 bits per heavy atom. The summed E-state index contributed by atoms with van der Waals surface area (Å²) < 4.78 is 6.00. The molecule has 1 N–H and O–H groups in total. The predicted molar refractivity (Wildman–Crippen MR) is 91.8 cm³/mol. The molecule has 1 aromatic rings. The van der Waals surface area contributed by atoms with Crippen molar-refractivity contribution < 1.29 is 9.53 Å². The minimum absolute atomic E-state index is 0.269. The molecule has 0 unspecified atom stereocenters. The highest BCUT2D eigenvalue weighted by Gasteiger charge is 2.29. The number of hydrogen-bond acceptors (Lipinski definition) is 3. The van der Waals surface area contributed by atoms with Gasteiger partial charge in [-0.2, -0.15) is 0 Å². The van der Waals surface area contributed by atoms with Crippen LogP contribution in [0.1, 0.15) is 55.3 Å². The summed E-state index contributed by atoms with van der Waals surface area (Å²) in [5.74, 6) is 1.33. The molecule has 0 saturated carbocycles. The molecular weight excluding hydrogens is 288 g/mol. The summed E-state index contributed by atoms with van der Waals surface area (Å²) in [5, 5.41) is 3.80. The van der Waals surface area contributed by atoms with Gasteiger partial charge in [0.2, 0.25) is 5.91 Å². The Bertz CT molecular complexity index is 585. The van der Waals surface area contributed by atoms with E-state index in [0.717, 1.165) is 44.7 Å². The molecule has 2 aliphatic heterocycles. The van der Waals surface area contributed by atoms with Crippen molar-refractivity contribution in [3.05, 3.63) is 28.8 Å². The monoisotopic (exact) mass is 316 g/mol. The zero-order valence-corrected chi connectivity index (χ0v) is 14.5. The van der Waals surface area contributed by atoms with E-state index in [2.05, 4.69) is 31.3 Å². The number of fused-ring (bicyclic) bond motifs is 1. The lowest BCUT2D eigenvalue weighted by atomic mass is 9.96. The summed E-state index contributed by atoms with van der Waals surface area (Å²) in [6.07, 6.45) is 3.80. The van der Waals surface area contributed by atoms with Gasteiger partial charge in [0, 0.05) is 37.2 Å². The normalized spacial score (nSPS) is 24.0. The molecule has 1 amide bonds. The third-order valence-electron chi connectivity index (χ3n) is 4.99. The minimum Gasteiger partial charge on any atom is -0.493 e. The highest BCUT2D eigenvalue weighted by Crippen LogP contribution is 2.35. The molecule has 0 aliphatic carbocycles. The maximum absolute atomic E-state index is 11.9. The fraction of sp³-hybridized carbons (Fsp3) is 0.632. The number of hydrogen-bond donors (Lipinski definition) is 1. The third kappa shape index (κ3) is 3.52. The standard InChI is InChI=1S/C19H28N2O2/c1-4-18(22)21-8-7-15(12-21)20-17-6-5-9-23-19-14(3)10-13(2)11-16(17)19/h10-11,15,17,20H,4-9,12H2,1-3H3/t15-,17-/m1/s1. The van der Waals surface area contributed by atoms with Crippen molar-refractivity contribution in [2.45, 2.75) is 58.5 Å². The summed E-state index contributed by atoms with van der Waals surface area (Å²) in [4.78, 5) is 13.9. The first kappa shape index (κ1) is 16.3. The van der Waals surface area contributed by atoms with Gasteiger partial charge in [-0.15, -0.1) is 0 Å². The van der Waals surface area contributed by atoms with E-state index < -0.39 is 0 Å². The molecule has 0 radical (unpaired) electrons. The molecule has 1 fully saturated rings. The summed E-state index contributed by atoms with van der Waals surface area (Å²) in [6.45, 7) is 8.73. The van der Waals surface area contributed by atoms with Crippen molar-refractivity contribution in [3.63, 3.8) is 0 Å². The highest BCUT2D eigenvalue weighted by molar-refractivity contribution is 5.76. The SMILES string of the molecule is CCC(=O)N1CC[C@@H](N[C@@H]2CCCOc3c(C)cc(C)cc32)C1. The topological polar surface area (TPSA) is 41.6 Å². The summed E-state index contributed by atoms with van der Waals surface area (Å²) in [6, 6.07) is 5.17. The lowest BCUT2D eigenvalue weighted by Gasteiger charge is -2.24. The molecule has 0 bridgehead atoms. The second kappa shape index (κ2) is 6.91. The molecule has 23 heavy (non-hydrogen) atoms. The van der Waals surface area contributed by atoms with Crippen LogP contribution >= 0.6 is 0 Å². The predicted octanol–water partition coefficient (Wildman–Crippen LogP) is 3.12. The molecule has 126 valence electrons. The van der Waals surface area contributed by atoms with Crippen LogP contribution in [0.5, 0.6) is 5.75 Å². The second-order valence-corrected chi connectivity index (χ2v) is 6.89. The number of rotatable bonds is 3. The number of ether oxygens (including phenoxy) is 1. The molecule has 1 saturated heterocycles. The largest absolute Gasteiger partial charge is 0.493 e. The van der Waals surface area contributed by atoms with Gasteiger partial charge in [0.15, 0.2) is 0 Å². The third-order valence-corrected chi connectivity index (χ3v) is 4.99. The number of likely N-dealkylation sites (tertiary alicyclic amines) is 1. The lowest BCUT2D eigenvalue weighted by molar-refractivity contribution is -0.129. The van der Waals surface area contributed by atoms with Gasteiger partial charge >= 0.3 is 0 Å². The maximum atomic E-state index is 11.9. The number of amides is 1. The number of carbonyl (C=O) groups is 1. The van der Waals surface area contributed by atoms with Gasteiger partial charge in [-0.1, -0.05) is 24.6 Å². The van der Waals surface area contributed by atoms with E-state index >= 15 is 0 Å². The van der Waals surface area contributed by atoms with Crippen LogP contribution in [0.2, 0.25) is 0 Å². The Morgan fingerprint density at radius 3 is 2.96 bits per heavy atom.